The summed E-state index contributed by atoms with van der Waals surface area (Å²) in [6, 6.07) is 12.6. The number of carbonyl (C=O) groups excluding carboxylic acids is 1. The molecule has 0 bridgehead atoms. The van der Waals surface area contributed by atoms with Gasteiger partial charge in [-0.2, -0.15) is 0 Å². The Labute approximate surface area is 196 Å². The van der Waals surface area contributed by atoms with Crippen molar-refractivity contribution in [1.29, 1.82) is 0 Å². The van der Waals surface area contributed by atoms with Gasteiger partial charge in [-0.15, -0.1) is 0 Å². The number of carbonyl (C=O) groups is 1. The Morgan fingerprint density at radius 3 is 2.33 bits per heavy atom. The van der Waals surface area contributed by atoms with E-state index in [1.54, 1.807) is 30.3 Å². The monoisotopic (exact) mass is 480 g/mol. The summed E-state index contributed by atoms with van der Waals surface area (Å²) >= 11 is 24.7. The maximum Gasteiger partial charge on any atom is 0.253 e. The summed E-state index contributed by atoms with van der Waals surface area (Å²) in [7, 11) is 0. The lowest BCUT2D eigenvalue weighted by Gasteiger charge is -2.46. The van der Waals surface area contributed by atoms with E-state index in [2.05, 4.69) is 11.0 Å². The highest BCUT2D eigenvalue weighted by Crippen LogP contribution is 2.35. The second kappa shape index (κ2) is 9.23. The quantitative estimate of drug-likeness (QED) is 0.488. The van der Waals surface area contributed by atoms with Crippen LogP contribution in [0.3, 0.4) is 0 Å². The number of hydrogen-bond acceptors (Lipinski definition) is 2. The van der Waals surface area contributed by atoms with Gasteiger partial charge in [-0.1, -0.05) is 58.6 Å². The summed E-state index contributed by atoms with van der Waals surface area (Å²) in [6.45, 7) is 1.86. The van der Waals surface area contributed by atoms with Crippen LogP contribution < -0.4 is 4.90 Å². The van der Waals surface area contributed by atoms with Crippen molar-refractivity contribution in [2.75, 3.05) is 24.5 Å². The van der Waals surface area contributed by atoms with Crippen LogP contribution in [-0.4, -0.2) is 36.5 Å². The van der Waals surface area contributed by atoms with Gasteiger partial charge in [0.2, 0.25) is 0 Å². The Hall–Kier alpha value is -1.65. The molecule has 156 valence electrons. The fourth-order valence-electron chi connectivity index (χ4n) is 4.05. The van der Waals surface area contributed by atoms with Crippen molar-refractivity contribution < 1.29 is 4.79 Å². The first-order valence-electron chi connectivity index (χ1n) is 9.73. The van der Waals surface area contributed by atoms with Gasteiger partial charge in [-0.05, 0) is 55.0 Å². The molecule has 0 N–H and O–H groups in total. The molecule has 30 heavy (non-hydrogen) atoms. The SMILES string of the molecule is O=C(c1ccc(Cl)cc1)N1CCN(c2ccc(Cl)cc2Cl)C(C2C=CC(Cl)=CC2)C1. The molecule has 4 rings (SSSR count). The van der Waals surface area contributed by atoms with Crippen LogP contribution in [-0.2, 0) is 0 Å². The van der Waals surface area contributed by atoms with E-state index < -0.39 is 0 Å². The normalized spacial score (nSPS) is 21.5. The van der Waals surface area contributed by atoms with Gasteiger partial charge >= 0.3 is 0 Å². The number of anilines is 1. The fraction of sp³-hybridized carbons (Fsp3) is 0.261. The van der Waals surface area contributed by atoms with Crippen LogP contribution in [0.5, 0.6) is 0 Å². The molecule has 2 aromatic carbocycles. The lowest BCUT2D eigenvalue weighted by atomic mass is 9.89. The molecular formula is C23H20Cl4N2O. The topological polar surface area (TPSA) is 23.6 Å². The molecule has 1 saturated heterocycles. The van der Waals surface area contributed by atoms with E-state index in [4.69, 9.17) is 46.4 Å². The van der Waals surface area contributed by atoms with Gasteiger partial charge in [-0.25, -0.2) is 0 Å². The maximum atomic E-state index is 13.1. The summed E-state index contributed by atoms with van der Waals surface area (Å²) in [5.74, 6) is 0.215. The number of halogens is 4. The molecule has 1 aliphatic carbocycles. The minimum Gasteiger partial charge on any atom is -0.363 e. The summed E-state index contributed by atoms with van der Waals surface area (Å²) in [5, 5.41) is 2.57. The predicted octanol–water partition coefficient (Wildman–Crippen LogP) is 6.68. The van der Waals surface area contributed by atoms with Gasteiger partial charge in [-0.3, -0.25) is 4.79 Å². The molecule has 2 aliphatic rings. The summed E-state index contributed by atoms with van der Waals surface area (Å²) in [5.41, 5.74) is 1.57. The summed E-state index contributed by atoms with van der Waals surface area (Å²) < 4.78 is 0. The largest absolute Gasteiger partial charge is 0.363 e. The number of allylic oxidation sites excluding steroid dienone is 3. The smallest absolute Gasteiger partial charge is 0.253 e. The van der Waals surface area contributed by atoms with Crippen molar-refractivity contribution in [3.63, 3.8) is 0 Å². The lowest BCUT2D eigenvalue weighted by Crippen LogP contribution is -2.57. The van der Waals surface area contributed by atoms with E-state index in [1.807, 2.05) is 29.2 Å². The van der Waals surface area contributed by atoms with E-state index >= 15 is 0 Å². The predicted molar refractivity (Wildman–Crippen MR) is 126 cm³/mol. The molecule has 2 unspecified atom stereocenters. The van der Waals surface area contributed by atoms with Crippen LogP contribution in [0.1, 0.15) is 16.8 Å². The van der Waals surface area contributed by atoms with Gasteiger partial charge in [0, 0.05) is 46.2 Å². The van der Waals surface area contributed by atoms with Gasteiger partial charge in [0.1, 0.15) is 0 Å². The van der Waals surface area contributed by atoms with E-state index in [0.29, 0.717) is 40.3 Å². The molecule has 1 heterocycles. The van der Waals surface area contributed by atoms with E-state index in [-0.39, 0.29) is 17.9 Å². The number of amides is 1. The number of benzene rings is 2. The van der Waals surface area contributed by atoms with Crippen molar-refractivity contribution >= 4 is 58.0 Å². The highest BCUT2D eigenvalue weighted by atomic mass is 35.5. The number of hydrogen-bond donors (Lipinski definition) is 0. The van der Waals surface area contributed by atoms with E-state index in [9.17, 15) is 4.79 Å². The van der Waals surface area contributed by atoms with Gasteiger partial charge in [0.15, 0.2) is 0 Å². The molecule has 0 aromatic heterocycles. The van der Waals surface area contributed by atoms with Gasteiger partial charge < -0.3 is 9.80 Å². The molecule has 2 aromatic rings. The minimum absolute atomic E-state index is 0.00637. The molecule has 3 nitrogen and oxygen atoms in total. The highest BCUT2D eigenvalue weighted by Gasteiger charge is 2.35. The maximum absolute atomic E-state index is 13.1. The number of piperazine rings is 1. The number of nitrogens with zero attached hydrogens (tertiary/aromatic N) is 2. The average molecular weight is 482 g/mol. The molecule has 0 radical (unpaired) electrons. The average Bonchev–Trinajstić information content (AvgIpc) is 2.74. The van der Waals surface area contributed by atoms with E-state index in [0.717, 1.165) is 17.1 Å². The van der Waals surface area contributed by atoms with Crippen molar-refractivity contribution in [1.82, 2.24) is 4.90 Å². The molecular weight excluding hydrogens is 462 g/mol. The molecule has 2 atom stereocenters. The first-order valence-corrected chi connectivity index (χ1v) is 11.2. The van der Waals surface area contributed by atoms with Crippen LogP contribution in [0, 0.1) is 5.92 Å². The first kappa shape index (κ1) is 21.6. The molecule has 1 fully saturated rings. The zero-order valence-corrected chi connectivity index (χ0v) is 19.1. The Morgan fingerprint density at radius 1 is 0.933 bits per heavy atom. The molecule has 0 saturated carbocycles. The Kier molecular flexibility index (Phi) is 6.64. The van der Waals surface area contributed by atoms with Gasteiger partial charge in [0.25, 0.3) is 5.91 Å². The minimum atomic E-state index is 0.00637. The van der Waals surface area contributed by atoms with E-state index in [1.165, 1.54) is 0 Å². The molecule has 0 spiro atoms. The van der Waals surface area contributed by atoms with Crippen molar-refractivity contribution in [3.8, 4) is 0 Å². The standard InChI is InChI=1S/C23H20Cl4N2O/c24-17-5-1-15(2-6-17)22-14-28(23(30)16-3-7-18(25)8-4-16)11-12-29(22)21-10-9-19(26)13-20(21)27/h1,3-10,13,15,22H,2,11-12,14H2. The second-order valence-electron chi connectivity index (χ2n) is 7.46. The van der Waals surface area contributed by atoms with Crippen LogP contribution in [0.4, 0.5) is 5.69 Å². The van der Waals surface area contributed by atoms with Crippen LogP contribution in [0.15, 0.2) is 65.7 Å². The molecule has 1 amide bonds. The molecule has 7 heteroatoms. The van der Waals surface area contributed by atoms with Gasteiger partial charge in [0.05, 0.1) is 16.8 Å². The molecule has 1 aliphatic heterocycles. The summed E-state index contributed by atoms with van der Waals surface area (Å²) in [6.07, 6.45) is 6.88. The third kappa shape index (κ3) is 4.65. The third-order valence-corrected chi connectivity index (χ3v) is 6.67. The lowest BCUT2D eigenvalue weighted by molar-refractivity contribution is 0.0709. The first-order chi connectivity index (χ1) is 14.4. The Balaban J connectivity index is 1.62. The van der Waals surface area contributed by atoms with Crippen LogP contribution in [0.2, 0.25) is 15.1 Å². The Morgan fingerprint density at radius 2 is 1.67 bits per heavy atom. The highest BCUT2D eigenvalue weighted by molar-refractivity contribution is 6.36. The third-order valence-electron chi connectivity index (χ3n) is 5.60. The fourth-order valence-corrected chi connectivity index (χ4v) is 4.85. The van der Waals surface area contributed by atoms with Crippen molar-refractivity contribution in [2.24, 2.45) is 5.92 Å². The van der Waals surface area contributed by atoms with Crippen LogP contribution in [0.25, 0.3) is 0 Å². The zero-order chi connectivity index (χ0) is 21.3. The zero-order valence-electron chi connectivity index (χ0n) is 16.1. The second-order valence-corrected chi connectivity index (χ2v) is 9.18. The number of rotatable bonds is 3. The Bertz CT molecular complexity index is 1000. The van der Waals surface area contributed by atoms with Crippen LogP contribution >= 0.6 is 46.4 Å². The summed E-state index contributed by atoms with van der Waals surface area (Å²) in [4.78, 5) is 17.3. The van der Waals surface area contributed by atoms with Crippen molar-refractivity contribution in [2.45, 2.75) is 12.5 Å². The van der Waals surface area contributed by atoms with Crippen molar-refractivity contribution in [3.05, 3.63) is 86.4 Å².